The van der Waals surface area contributed by atoms with E-state index in [1.54, 1.807) is 4.90 Å². The summed E-state index contributed by atoms with van der Waals surface area (Å²) >= 11 is 0. The van der Waals surface area contributed by atoms with Crippen LogP contribution in [-0.2, 0) is 14.3 Å². The maximum absolute atomic E-state index is 12.2. The van der Waals surface area contributed by atoms with Gasteiger partial charge in [-0.1, -0.05) is 6.92 Å². The summed E-state index contributed by atoms with van der Waals surface area (Å²) in [6.45, 7) is 3.87. The second-order valence-electron chi connectivity index (χ2n) is 6.55. The van der Waals surface area contributed by atoms with Crippen molar-refractivity contribution in [2.24, 2.45) is 5.92 Å². The number of benzene rings is 1. The first kappa shape index (κ1) is 20.6. The van der Waals surface area contributed by atoms with E-state index in [9.17, 15) is 19.7 Å². The lowest BCUT2D eigenvalue weighted by molar-refractivity contribution is -0.384. The molecule has 0 radical (unpaired) electrons. The number of amides is 1. The number of nitro benzene ring substituents is 1. The molecular formula is C18H25N3O6. The van der Waals surface area contributed by atoms with Crippen molar-refractivity contribution >= 4 is 23.3 Å². The number of rotatable bonds is 8. The van der Waals surface area contributed by atoms with E-state index in [0.717, 1.165) is 18.9 Å². The van der Waals surface area contributed by atoms with Crippen LogP contribution in [0.2, 0.25) is 0 Å². The van der Waals surface area contributed by atoms with Gasteiger partial charge in [-0.3, -0.25) is 14.9 Å². The maximum atomic E-state index is 12.2. The van der Waals surface area contributed by atoms with Crippen LogP contribution < -0.4 is 5.32 Å². The molecule has 1 aromatic rings. The zero-order valence-electron chi connectivity index (χ0n) is 15.6. The van der Waals surface area contributed by atoms with E-state index >= 15 is 0 Å². The number of anilines is 1. The smallest absolute Gasteiger partial charge is 0.338 e. The maximum Gasteiger partial charge on any atom is 0.338 e. The minimum absolute atomic E-state index is 0.0269. The van der Waals surface area contributed by atoms with Gasteiger partial charge in [0.1, 0.15) is 5.69 Å². The Hall–Kier alpha value is -2.68. The molecule has 1 aliphatic rings. The predicted molar refractivity (Wildman–Crippen MR) is 98.7 cm³/mol. The molecule has 1 N–H and O–H groups in total. The normalized spacial score (nSPS) is 14.7. The molecule has 27 heavy (non-hydrogen) atoms. The Morgan fingerprint density at radius 2 is 2.04 bits per heavy atom. The summed E-state index contributed by atoms with van der Waals surface area (Å²) in [5.41, 5.74) is 0.0723. The van der Waals surface area contributed by atoms with Crippen LogP contribution in [0.5, 0.6) is 0 Å². The number of esters is 1. The Morgan fingerprint density at radius 1 is 1.33 bits per heavy atom. The highest BCUT2D eigenvalue weighted by molar-refractivity contribution is 5.93. The topological polar surface area (TPSA) is 111 Å². The second-order valence-corrected chi connectivity index (χ2v) is 6.55. The van der Waals surface area contributed by atoms with Gasteiger partial charge in [0.05, 0.1) is 17.1 Å². The van der Waals surface area contributed by atoms with Crippen LogP contribution in [0.3, 0.4) is 0 Å². The number of carbonyl (C=O) groups excluding carboxylic acids is 2. The summed E-state index contributed by atoms with van der Waals surface area (Å²) in [5.74, 6) is -0.420. The molecule has 0 bridgehead atoms. The Labute approximate surface area is 157 Å². The number of hydrogen-bond donors (Lipinski definition) is 1. The van der Waals surface area contributed by atoms with Crippen molar-refractivity contribution in [2.45, 2.75) is 19.8 Å². The van der Waals surface area contributed by atoms with E-state index in [4.69, 9.17) is 9.47 Å². The number of nitrogens with one attached hydrogen (secondary N) is 1. The second kappa shape index (κ2) is 9.86. The molecule has 1 aliphatic heterocycles. The summed E-state index contributed by atoms with van der Waals surface area (Å²) in [5, 5.41) is 14.1. The molecule has 9 heteroatoms. The number of nitro groups is 1. The molecule has 0 unspecified atom stereocenters. The first-order valence-corrected chi connectivity index (χ1v) is 8.88. The number of ether oxygens (including phenoxy) is 2. The SMILES string of the molecule is COCCNc1ccc(C(=O)OCC(=O)N2CCC(C)CC2)cc1[N+](=O)[O-]. The average Bonchev–Trinajstić information content (AvgIpc) is 2.66. The molecule has 1 heterocycles. The van der Waals surface area contributed by atoms with Crippen molar-refractivity contribution in [3.63, 3.8) is 0 Å². The highest BCUT2D eigenvalue weighted by Crippen LogP contribution is 2.26. The Balaban J connectivity index is 1.96. The third-order valence-electron chi connectivity index (χ3n) is 4.51. The van der Waals surface area contributed by atoms with Gasteiger partial charge in [0.15, 0.2) is 6.61 Å². The third-order valence-corrected chi connectivity index (χ3v) is 4.51. The molecular weight excluding hydrogens is 354 g/mol. The van der Waals surface area contributed by atoms with Crippen LogP contribution in [0, 0.1) is 16.0 Å². The van der Waals surface area contributed by atoms with Gasteiger partial charge in [0.25, 0.3) is 11.6 Å². The zero-order valence-corrected chi connectivity index (χ0v) is 15.6. The number of methoxy groups -OCH3 is 1. The summed E-state index contributed by atoms with van der Waals surface area (Å²) < 4.78 is 9.94. The lowest BCUT2D eigenvalue weighted by Crippen LogP contribution is -2.40. The number of piperidine rings is 1. The number of nitrogens with zero attached hydrogens (tertiary/aromatic N) is 2. The number of carbonyl (C=O) groups is 2. The fourth-order valence-electron chi connectivity index (χ4n) is 2.81. The van der Waals surface area contributed by atoms with Gasteiger partial charge in [0.2, 0.25) is 0 Å². The van der Waals surface area contributed by atoms with Crippen LogP contribution >= 0.6 is 0 Å². The lowest BCUT2D eigenvalue weighted by atomic mass is 9.99. The van der Waals surface area contributed by atoms with Gasteiger partial charge in [0, 0.05) is 32.8 Å². The first-order chi connectivity index (χ1) is 12.9. The van der Waals surface area contributed by atoms with Crippen molar-refractivity contribution in [2.75, 3.05) is 45.3 Å². The number of hydrogen-bond acceptors (Lipinski definition) is 7. The first-order valence-electron chi connectivity index (χ1n) is 8.88. The van der Waals surface area contributed by atoms with Crippen LogP contribution in [0.4, 0.5) is 11.4 Å². The zero-order chi connectivity index (χ0) is 19.8. The summed E-state index contributed by atoms with van der Waals surface area (Å²) in [4.78, 5) is 36.7. The van der Waals surface area contributed by atoms with Crippen molar-refractivity contribution < 1.29 is 24.0 Å². The van der Waals surface area contributed by atoms with Gasteiger partial charge in [-0.05, 0) is 30.9 Å². The molecule has 0 spiro atoms. The molecule has 0 aromatic heterocycles. The molecule has 9 nitrogen and oxygen atoms in total. The summed E-state index contributed by atoms with van der Waals surface area (Å²) in [6, 6.07) is 4.01. The van der Waals surface area contributed by atoms with Crippen molar-refractivity contribution in [1.29, 1.82) is 0 Å². The fraction of sp³-hybridized carbons (Fsp3) is 0.556. The number of likely N-dealkylation sites (tertiary alicyclic amines) is 1. The van der Waals surface area contributed by atoms with Crippen LogP contribution in [-0.4, -0.2) is 61.7 Å². The van der Waals surface area contributed by atoms with E-state index < -0.39 is 10.9 Å². The van der Waals surface area contributed by atoms with Crippen LogP contribution in [0.15, 0.2) is 18.2 Å². The summed E-state index contributed by atoms with van der Waals surface area (Å²) in [6.07, 6.45) is 1.87. The molecule has 0 atom stereocenters. The van der Waals surface area contributed by atoms with E-state index in [0.29, 0.717) is 32.2 Å². The highest BCUT2D eigenvalue weighted by atomic mass is 16.6. The van der Waals surface area contributed by atoms with E-state index in [1.807, 2.05) is 0 Å². The Kier molecular flexibility index (Phi) is 7.54. The monoisotopic (exact) mass is 379 g/mol. The fourth-order valence-corrected chi connectivity index (χ4v) is 2.81. The molecule has 1 aromatic carbocycles. The Morgan fingerprint density at radius 3 is 2.67 bits per heavy atom. The molecule has 2 rings (SSSR count). The predicted octanol–water partition coefficient (Wildman–Crippen LogP) is 2.07. The van der Waals surface area contributed by atoms with Gasteiger partial charge >= 0.3 is 5.97 Å². The molecule has 0 saturated carbocycles. The van der Waals surface area contributed by atoms with Gasteiger partial charge < -0.3 is 19.7 Å². The molecule has 0 aliphatic carbocycles. The quantitative estimate of drug-likeness (QED) is 0.318. The van der Waals surface area contributed by atoms with Crippen molar-refractivity contribution in [1.82, 2.24) is 4.90 Å². The van der Waals surface area contributed by atoms with Gasteiger partial charge in [-0.2, -0.15) is 0 Å². The van der Waals surface area contributed by atoms with E-state index in [2.05, 4.69) is 12.2 Å². The molecule has 1 fully saturated rings. The van der Waals surface area contributed by atoms with Gasteiger partial charge in [-0.15, -0.1) is 0 Å². The third kappa shape index (κ3) is 5.92. The minimum Gasteiger partial charge on any atom is -0.452 e. The largest absolute Gasteiger partial charge is 0.452 e. The standard InChI is InChI=1S/C18H25N3O6/c1-13-5-8-20(9-6-13)17(22)12-27-18(23)14-3-4-15(19-7-10-26-2)16(11-14)21(24)25/h3-4,11,13,19H,5-10,12H2,1-2H3. The summed E-state index contributed by atoms with van der Waals surface area (Å²) in [7, 11) is 1.53. The van der Waals surface area contributed by atoms with E-state index in [-0.39, 0.29) is 29.5 Å². The molecule has 148 valence electrons. The van der Waals surface area contributed by atoms with Crippen LogP contribution in [0.25, 0.3) is 0 Å². The lowest BCUT2D eigenvalue weighted by Gasteiger charge is -2.30. The molecule has 1 saturated heterocycles. The van der Waals surface area contributed by atoms with Crippen molar-refractivity contribution in [3.05, 3.63) is 33.9 Å². The van der Waals surface area contributed by atoms with Gasteiger partial charge in [-0.25, -0.2) is 4.79 Å². The minimum atomic E-state index is -0.764. The average molecular weight is 379 g/mol. The van der Waals surface area contributed by atoms with Crippen molar-refractivity contribution in [3.8, 4) is 0 Å². The Bertz CT molecular complexity index is 686. The molecule has 1 amide bonds. The highest BCUT2D eigenvalue weighted by Gasteiger charge is 2.23. The van der Waals surface area contributed by atoms with Crippen LogP contribution in [0.1, 0.15) is 30.1 Å². The van der Waals surface area contributed by atoms with E-state index in [1.165, 1.54) is 19.2 Å².